The van der Waals surface area contributed by atoms with Crippen LogP contribution in [-0.2, 0) is 0 Å². The first-order valence-corrected chi connectivity index (χ1v) is 17.2. The van der Waals surface area contributed by atoms with E-state index in [1.807, 2.05) is 0 Å². The van der Waals surface area contributed by atoms with Gasteiger partial charge in [0.05, 0.1) is 0 Å². The minimum absolute atomic E-state index is 0.340. The molecule has 0 spiro atoms. The van der Waals surface area contributed by atoms with Gasteiger partial charge in [-0.05, 0) is 157 Å². The van der Waals surface area contributed by atoms with Crippen LogP contribution in [0.1, 0.15) is 72.9 Å². The quantitative estimate of drug-likeness (QED) is 0.157. The maximum atomic E-state index is 2.41. The minimum atomic E-state index is 0.340. The molecule has 2 nitrogen and oxygen atoms in total. The SMILES string of the molecule is Cc1cccc(N(c2cccc(C)c2)c2ccc(-c3ccc(N(c4cccc(C)c4)c4cccc(C)c4)cc3C(C)C)c(C(C)C)c2)c1. The van der Waals surface area contributed by atoms with Gasteiger partial charge in [-0.1, -0.05) is 88.4 Å². The number of anilines is 6. The van der Waals surface area contributed by atoms with Gasteiger partial charge in [0, 0.05) is 34.1 Å². The molecule has 0 aliphatic carbocycles. The molecule has 6 rings (SSSR count). The fraction of sp³-hybridized carbons (Fsp3) is 0.217. The van der Waals surface area contributed by atoms with Gasteiger partial charge < -0.3 is 9.80 Å². The van der Waals surface area contributed by atoms with Gasteiger partial charge in [0.1, 0.15) is 0 Å². The van der Waals surface area contributed by atoms with Gasteiger partial charge >= 0.3 is 0 Å². The Hall–Kier alpha value is -5.08. The second-order valence-corrected chi connectivity index (χ2v) is 13.9. The molecule has 0 aliphatic rings. The van der Waals surface area contributed by atoms with Crippen LogP contribution in [-0.4, -0.2) is 0 Å². The molecule has 0 radical (unpaired) electrons. The first-order valence-electron chi connectivity index (χ1n) is 17.2. The number of rotatable bonds is 9. The lowest BCUT2D eigenvalue weighted by Gasteiger charge is -2.29. The van der Waals surface area contributed by atoms with Crippen molar-refractivity contribution in [3.05, 3.63) is 167 Å². The highest BCUT2D eigenvalue weighted by atomic mass is 15.1. The molecular formula is C46H48N2. The first kappa shape index (κ1) is 32.8. The highest BCUT2D eigenvalue weighted by molar-refractivity contribution is 5.84. The van der Waals surface area contributed by atoms with Crippen LogP contribution in [0.3, 0.4) is 0 Å². The van der Waals surface area contributed by atoms with Gasteiger partial charge in [0.2, 0.25) is 0 Å². The smallest absolute Gasteiger partial charge is 0.0464 e. The molecule has 0 saturated heterocycles. The molecule has 242 valence electrons. The van der Waals surface area contributed by atoms with Crippen molar-refractivity contribution in [2.45, 2.75) is 67.2 Å². The Morgan fingerprint density at radius 2 is 0.604 bits per heavy atom. The molecule has 0 atom stereocenters. The van der Waals surface area contributed by atoms with Crippen LogP contribution in [0.25, 0.3) is 11.1 Å². The number of aryl methyl sites for hydroxylation is 4. The Bertz CT molecular complexity index is 1810. The summed E-state index contributed by atoms with van der Waals surface area (Å²) in [4.78, 5) is 4.79. The third kappa shape index (κ3) is 6.94. The van der Waals surface area contributed by atoms with Crippen molar-refractivity contribution in [2.75, 3.05) is 9.80 Å². The van der Waals surface area contributed by atoms with Crippen LogP contribution in [0.2, 0.25) is 0 Å². The third-order valence-corrected chi connectivity index (χ3v) is 9.16. The molecule has 0 heterocycles. The number of nitrogens with zero attached hydrogens (tertiary/aromatic N) is 2. The Kier molecular flexibility index (Phi) is 9.55. The molecule has 0 amide bonds. The van der Waals surface area contributed by atoms with E-state index in [-0.39, 0.29) is 0 Å². The molecule has 2 heteroatoms. The van der Waals surface area contributed by atoms with Gasteiger partial charge in [-0.3, -0.25) is 0 Å². The van der Waals surface area contributed by atoms with E-state index in [9.17, 15) is 0 Å². The summed E-state index contributed by atoms with van der Waals surface area (Å²) in [6, 6.07) is 49.3. The van der Waals surface area contributed by atoms with Crippen molar-refractivity contribution in [1.82, 2.24) is 0 Å². The lowest BCUT2D eigenvalue weighted by atomic mass is 9.86. The van der Waals surface area contributed by atoms with E-state index in [4.69, 9.17) is 0 Å². The normalized spacial score (nSPS) is 11.3. The zero-order chi connectivity index (χ0) is 33.9. The second kappa shape index (κ2) is 14.0. The Balaban J connectivity index is 1.50. The summed E-state index contributed by atoms with van der Waals surface area (Å²) in [5, 5.41) is 0. The van der Waals surface area contributed by atoms with E-state index in [0.29, 0.717) is 11.8 Å². The molecule has 0 unspecified atom stereocenters. The number of hydrogen-bond acceptors (Lipinski definition) is 2. The lowest BCUT2D eigenvalue weighted by molar-refractivity contribution is 0.856. The third-order valence-electron chi connectivity index (χ3n) is 9.16. The van der Waals surface area contributed by atoms with Crippen LogP contribution in [0.4, 0.5) is 34.1 Å². The van der Waals surface area contributed by atoms with Crippen molar-refractivity contribution >= 4 is 34.1 Å². The maximum absolute atomic E-state index is 2.41. The number of hydrogen-bond donors (Lipinski definition) is 0. The van der Waals surface area contributed by atoms with Crippen molar-refractivity contribution in [3.8, 4) is 11.1 Å². The summed E-state index contributed by atoms with van der Waals surface area (Å²) in [5.41, 5.74) is 17.3. The van der Waals surface area contributed by atoms with Gasteiger partial charge in [-0.25, -0.2) is 0 Å². The largest absolute Gasteiger partial charge is 0.310 e. The van der Waals surface area contributed by atoms with E-state index < -0.39 is 0 Å². The second-order valence-electron chi connectivity index (χ2n) is 13.9. The monoisotopic (exact) mass is 628 g/mol. The Morgan fingerprint density at radius 1 is 0.333 bits per heavy atom. The van der Waals surface area contributed by atoms with E-state index in [1.165, 1.54) is 78.6 Å². The highest BCUT2D eigenvalue weighted by Crippen LogP contribution is 2.44. The Morgan fingerprint density at radius 3 is 0.854 bits per heavy atom. The summed E-state index contributed by atoms with van der Waals surface area (Å²) in [7, 11) is 0. The van der Waals surface area contributed by atoms with Gasteiger partial charge in [-0.15, -0.1) is 0 Å². The van der Waals surface area contributed by atoms with Crippen molar-refractivity contribution in [3.63, 3.8) is 0 Å². The molecule has 6 aromatic carbocycles. The van der Waals surface area contributed by atoms with Crippen molar-refractivity contribution in [1.29, 1.82) is 0 Å². The predicted octanol–water partition coefficient (Wildman–Crippen LogP) is 13.8. The van der Waals surface area contributed by atoms with Crippen molar-refractivity contribution in [2.24, 2.45) is 0 Å². The molecule has 0 aromatic heterocycles. The minimum Gasteiger partial charge on any atom is -0.310 e. The highest BCUT2D eigenvalue weighted by Gasteiger charge is 2.21. The van der Waals surface area contributed by atoms with Crippen LogP contribution < -0.4 is 9.80 Å². The zero-order valence-corrected chi connectivity index (χ0v) is 29.8. The summed E-state index contributed by atoms with van der Waals surface area (Å²) >= 11 is 0. The van der Waals surface area contributed by atoms with E-state index in [0.717, 1.165) is 0 Å². The van der Waals surface area contributed by atoms with Crippen LogP contribution in [0.15, 0.2) is 133 Å². The van der Waals surface area contributed by atoms with Crippen LogP contribution in [0, 0.1) is 27.7 Å². The molecule has 48 heavy (non-hydrogen) atoms. The molecule has 0 fully saturated rings. The van der Waals surface area contributed by atoms with E-state index >= 15 is 0 Å². The summed E-state index contributed by atoms with van der Waals surface area (Å²) in [6.07, 6.45) is 0. The summed E-state index contributed by atoms with van der Waals surface area (Å²) < 4.78 is 0. The molecule has 6 aromatic rings. The summed E-state index contributed by atoms with van der Waals surface area (Å²) in [5.74, 6) is 0.681. The standard InChI is InChI=1S/C46H48N2/c1-31(2)45-29-41(47(37-17-9-13-33(5)25-37)38-18-10-14-34(6)26-38)21-23-43(45)44-24-22-42(30-46(44)32(3)4)48(39-19-11-15-35(7)27-39)40-20-12-16-36(8)28-40/h9-32H,1-8H3. The average molecular weight is 629 g/mol. The van der Waals surface area contributed by atoms with Crippen LogP contribution in [0.5, 0.6) is 0 Å². The fourth-order valence-corrected chi connectivity index (χ4v) is 6.79. The predicted molar refractivity (Wildman–Crippen MR) is 208 cm³/mol. The zero-order valence-electron chi connectivity index (χ0n) is 29.8. The molecule has 0 saturated carbocycles. The fourth-order valence-electron chi connectivity index (χ4n) is 6.79. The van der Waals surface area contributed by atoms with E-state index in [1.54, 1.807) is 0 Å². The number of benzene rings is 6. The maximum Gasteiger partial charge on any atom is 0.0464 e. The Labute approximate surface area is 288 Å². The topological polar surface area (TPSA) is 6.48 Å². The van der Waals surface area contributed by atoms with Crippen molar-refractivity contribution < 1.29 is 0 Å². The summed E-state index contributed by atoms with van der Waals surface area (Å²) in [6.45, 7) is 17.9. The molecule has 0 aliphatic heterocycles. The molecular weight excluding hydrogens is 581 g/mol. The molecule has 0 N–H and O–H groups in total. The van der Waals surface area contributed by atoms with E-state index in [2.05, 4.69) is 199 Å². The lowest BCUT2D eigenvalue weighted by Crippen LogP contribution is -2.12. The van der Waals surface area contributed by atoms with Gasteiger partial charge in [0.25, 0.3) is 0 Å². The molecule has 0 bridgehead atoms. The van der Waals surface area contributed by atoms with Gasteiger partial charge in [0.15, 0.2) is 0 Å². The van der Waals surface area contributed by atoms with Gasteiger partial charge in [-0.2, -0.15) is 0 Å². The first-order chi connectivity index (χ1) is 23.1. The average Bonchev–Trinajstić information content (AvgIpc) is 3.05. The van der Waals surface area contributed by atoms with Crippen LogP contribution >= 0.6 is 0 Å².